The van der Waals surface area contributed by atoms with Gasteiger partial charge in [-0.1, -0.05) is 17.7 Å². The van der Waals surface area contributed by atoms with Gasteiger partial charge in [-0.15, -0.1) is 11.3 Å². The number of rotatable bonds is 6. The molecule has 7 heteroatoms. The summed E-state index contributed by atoms with van der Waals surface area (Å²) in [6.45, 7) is 4.65. The summed E-state index contributed by atoms with van der Waals surface area (Å²) >= 11 is 1.41. The van der Waals surface area contributed by atoms with Gasteiger partial charge < -0.3 is 10.1 Å². The summed E-state index contributed by atoms with van der Waals surface area (Å²) in [5.41, 5.74) is 2.74. The van der Waals surface area contributed by atoms with Crippen LogP contribution in [0.1, 0.15) is 42.6 Å². The molecule has 0 aliphatic carbocycles. The quantitative estimate of drug-likeness (QED) is 0.845. The lowest BCUT2D eigenvalue weighted by Crippen LogP contribution is -2.28. The second-order valence-corrected chi connectivity index (χ2v) is 7.32. The van der Waals surface area contributed by atoms with Gasteiger partial charge in [0.15, 0.2) is 5.13 Å². The second-order valence-electron chi connectivity index (χ2n) is 6.48. The Morgan fingerprint density at radius 2 is 2.27 bits per heavy atom. The largest absolute Gasteiger partial charge is 0.496 e. The molecule has 1 N–H and O–H groups in total. The van der Waals surface area contributed by atoms with Gasteiger partial charge in [0.25, 0.3) is 0 Å². The molecule has 1 aromatic heterocycles. The van der Waals surface area contributed by atoms with Crippen molar-refractivity contribution in [2.24, 2.45) is 0 Å². The number of amides is 2. The molecule has 26 heavy (non-hydrogen) atoms. The third-order valence-electron chi connectivity index (χ3n) is 4.41. The molecular formula is C19H23N3O3S. The number of nitrogens with one attached hydrogen (secondary N) is 1. The highest BCUT2D eigenvalue weighted by atomic mass is 32.1. The maximum atomic E-state index is 12.4. The molecule has 1 aromatic carbocycles. The standard InChI is InChI=1S/C19H23N3O3S/c1-12-6-7-16(25-3)15(9-12)13(2)20-17(23)10-14-11-26-19(21-14)22-8-4-5-18(22)24/h6-7,9,11,13H,4-5,8,10H2,1-3H3,(H,20,23)/t13-/m0/s1. The van der Waals surface area contributed by atoms with Crippen molar-refractivity contribution >= 4 is 28.3 Å². The van der Waals surface area contributed by atoms with Crippen molar-refractivity contribution in [2.45, 2.75) is 39.2 Å². The highest BCUT2D eigenvalue weighted by Gasteiger charge is 2.24. The third kappa shape index (κ3) is 4.04. The van der Waals surface area contributed by atoms with Crippen molar-refractivity contribution in [3.63, 3.8) is 0 Å². The van der Waals surface area contributed by atoms with Crippen LogP contribution in [0.15, 0.2) is 23.6 Å². The smallest absolute Gasteiger partial charge is 0.228 e. The van der Waals surface area contributed by atoms with Crippen molar-refractivity contribution in [2.75, 3.05) is 18.6 Å². The maximum absolute atomic E-state index is 12.4. The van der Waals surface area contributed by atoms with Crippen LogP contribution in [0.25, 0.3) is 0 Å². The lowest BCUT2D eigenvalue weighted by Gasteiger charge is -2.18. The molecule has 0 spiro atoms. The maximum Gasteiger partial charge on any atom is 0.228 e. The van der Waals surface area contributed by atoms with Crippen molar-refractivity contribution in [3.8, 4) is 5.75 Å². The minimum atomic E-state index is -0.171. The molecule has 0 bridgehead atoms. The zero-order chi connectivity index (χ0) is 18.7. The SMILES string of the molecule is COc1ccc(C)cc1[C@H](C)NC(=O)Cc1csc(N2CCCC2=O)n1. The topological polar surface area (TPSA) is 71.5 Å². The molecule has 3 rings (SSSR count). The van der Waals surface area contributed by atoms with E-state index < -0.39 is 0 Å². The van der Waals surface area contributed by atoms with Crippen LogP contribution in [-0.2, 0) is 16.0 Å². The van der Waals surface area contributed by atoms with E-state index in [1.807, 2.05) is 37.4 Å². The molecule has 1 aliphatic rings. The molecule has 0 unspecified atom stereocenters. The monoisotopic (exact) mass is 373 g/mol. The van der Waals surface area contributed by atoms with E-state index >= 15 is 0 Å². The van der Waals surface area contributed by atoms with E-state index in [9.17, 15) is 9.59 Å². The first-order chi connectivity index (χ1) is 12.5. The first kappa shape index (κ1) is 18.4. The van der Waals surface area contributed by atoms with Gasteiger partial charge in [0, 0.05) is 23.9 Å². The Labute approximate surface area is 157 Å². The number of hydrogen-bond donors (Lipinski definition) is 1. The Kier molecular flexibility index (Phi) is 5.56. The van der Waals surface area contributed by atoms with E-state index in [-0.39, 0.29) is 24.3 Å². The minimum absolute atomic E-state index is 0.106. The molecule has 6 nitrogen and oxygen atoms in total. The predicted molar refractivity (Wildman–Crippen MR) is 102 cm³/mol. The number of methoxy groups -OCH3 is 1. The number of anilines is 1. The van der Waals surface area contributed by atoms with Crippen LogP contribution in [0.2, 0.25) is 0 Å². The summed E-state index contributed by atoms with van der Waals surface area (Å²) in [7, 11) is 1.62. The minimum Gasteiger partial charge on any atom is -0.496 e. The molecule has 138 valence electrons. The lowest BCUT2D eigenvalue weighted by atomic mass is 10.0. The van der Waals surface area contributed by atoms with Crippen molar-refractivity contribution in [3.05, 3.63) is 40.4 Å². The second kappa shape index (κ2) is 7.86. The number of benzene rings is 1. The molecule has 1 aliphatic heterocycles. The number of thiazole rings is 1. The summed E-state index contributed by atoms with van der Waals surface area (Å²) in [6, 6.07) is 5.74. The molecule has 0 saturated carbocycles. The van der Waals surface area contributed by atoms with Gasteiger partial charge in [-0.05, 0) is 26.3 Å². The fourth-order valence-corrected chi connectivity index (χ4v) is 3.95. The van der Waals surface area contributed by atoms with Gasteiger partial charge in [-0.2, -0.15) is 0 Å². The Morgan fingerprint density at radius 3 is 2.96 bits per heavy atom. The van der Waals surface area contributed by atoms with Gasteiger partial charge in [-0.25, -0.2) is 4.98 Å². The zero-order valence-corrected chi connectivity index (χ0v) is 16.1. The molecular weight excluding hydrogens is 350 g/mol. The van der Waals surface area contributed by atoms with E-state index in [2.05, 4.69) is 10.3 Å². The highest BCUT2D eigenvalue weighted by molar-refractivity contribution is 7.14. The van der Waals surface area contributed by atoms with Crippen molar-refractivity contribution in [1.82, 2.24) is 10.3 Å². The molecule has 0 radical (unpaired) electrons. The first-order valence-corrected chi connectivity index (χ1v) is 9.54. The van der Waals surface area contributed by atoms with Crippen LogP contribution >= 0.6 is 11.3 Å². The molecule has 1 atom stereocenters. The number of ether oxygens (including phenoxy) is 1. The van der Waals surface area contributed by atoms with E-state index in [1.54, 1.807) is 12.0 Å². The number of carbonyl (C=O) groups is 2. The Morgan fingerprint density at radius 1 is 1.46 bits per heavy atom. The highest BCUT2D eigenvalue weighted by Crippen LogP contribution is 2.27. The van der Waals surface area contributed by atoms with Crippen LogP contribution in [0.3, 0.4) is 0 Å². The van der Waals surface area contributed by atoms with Crippen LogP contribution in [-0.4, -0.2) is 30.5 Å². The van der Waals surface area contributed by atoms with Crippen molar-refractivity contribution in [1.29, 1.82) is 0 Å². The number of aromatic nitrogens is 1. The number of nitrogens with zero attached hydrogens (tertiary/aromatic N) is 2. The third-order valence-corrected chi connectivity index (χ3v) is 5.33. The van der Waals surface area contributed by atoms with Crippen molar-refractivity contribution < 1.29 is 14.3 Å². The molecule has 2 amide bonds. The number of aryl methyl sites for hydroxylation is 1. The summed E-state index contributed by atoms with van der Waals surface area (Å²) < 4.78 is 5.39. The number of carbonyl (C=O) groups excluding carboxylic acids is 2. The fourth-order valence-electron chi connectivity index (χ4n) is 3.08. The first-order valence-electron chi connectivity index (χ1n) is 8.66. The summed E-state index contributed by atoms with van der Waals surface area (Å²) in [4.78, 5) is 30.4. The van der Waals surface area contributed by atoms with Crippen LogP contribution in [0.4, 0.5) is 5.13 Å². The molecule has 2 aromatic rings. The average molecular weight is 373 g/mol. The van der Waals surface area contributed by atoms with E-state index in [4.69, 9.17) is 4.74 Å². The molecule has 1 fully saturated rings. The summed E-state index contributed by atoms with van der Waals surface area (Å²) in [5.74, 6) is 0.757. The van der Waals surface area contributed by atoms with E-state index in [1.165, 1.54) is 11.3 Å². The fraction of sp³-hybridized carbons (Fsp3) is 0.421. The predicted octanol–water partition coefficient (Wildman–Crippen LogP) is 3.01. The van der Waals surface area contributed by atoms with Gasteiger partial charge in [0.2, 0.25) is 11.8 Å². The van der Waals surface area contributed by atoms with Crippen LogP contribution in [0, 0.1) is 6.92 Å². The molecule has 1 saturated heterocycles. The summed E-state index contributed by atoms with van der Waals surface area (Å²) in [6.07, 6.45) is 1.63. The van der Waals surface area contributed by atoms with E-state index in [0.29, 0.717) is 23.8 Å². The summed E-state index contributed by atoms with van der Waals surface area (Å²) in [5, 5.41) is 5.53. The number of hydrogen-bond acceptors (Lipinski definition) is 5. The van der Waals surface area contributed by atoms with Crippen LogP contribution < -0.4 is 15.0 Å². The van der Waals surface area contributed by atoms with Gasteiger partial charge in [0.05, 0.1) is 25.3 Å². The Bertz CT molecular complexity index is 818. The normalized spacial score (nSPS) is 15.2. The lowest BCUT2D eigenvalue weighted by molar-refractivity contribution is -0.121. The Balaban J connectivity index is 1.63. The zero-order valence-electron chi connectivity index (χ0n) is 15.2. The van der Waals surface area contributed by atoms with Crippen LogP contribution in [0.5, 0.6) is 5.75 Å². The van der Waals surface area contributed by atoms with E-state index in [0.717, 1.165) is 23.3 Å². The Hall–Kier alpha value is -2.41. The molecule has 2 heterocycles. The van der Waals surface area contributed by atoms with Gasteiger partial charge in [0.1, 0.15) is 5.75 Å². The average Bonchev–Trinajstić information content (AvgIpc) is 3.23. The van der Waals surface area contributed by atoms with Gasteiger partial charge in [-0.3, -0.25) is 14.5 Å². The van der Waals surface area contributed by atoms with Gasteiger partial charge >= 0.3 is 0 Å².